The van der Waals surface area contributed by atoms with Crippen LogP contribution in [-0.4, -0.2) is 26.2 Å². The van der Waals surface area contributed by atoms with Gasteiger partial charge in [0.1, 0.15) is 18.1 Å². The fourth-order valence-electron chi connectivity index (χ4n) is 1.24. The molecule has 0 fully saturated rings. The van der Waals surface area contributed by atoms with Gasteiger partial charge in [-0.2, -0.15) is 0 Å². The van der Waals surface area contributed by atoms with Crippen molar-refractivity contribution in [2.75, 3.05) is 19.8 Å². The molecule has 0 atom stereocenters. The molecule has 0 saturated heterocycles. The molecule has 0 aliphatic rings. The zero-order valence-electron chi connectivity index (χ0n) is 9.34. The van der Waals surface area contributed by atoms with Gasteiger partial charge in [-0.25, -0.2) is 8.78 Å². The molecule has 1 aromatic rings. The first-order valence-electron chi connectivity index (χ1n) is 5.36. The van der Waals surface area contributed by atoms with Crippen LogP contribution in [0.15, 0.2) is 16.5 Å². The first-order valence-corrected chi connectivity index (χ1v) is 5.36. The Kier molecular flexibility index (Phi) is 6.03. The summed E-state index contributed by atoms with van der Waals surface area (Å²) < 4.78 is 33.6. The Morgan fingerprint density at radius 1 is 1.38 bits per heavy atom. The number of aryl methyl sites for hydroxylation is 1. The minimum atomic E-state index is -2.39. The predicted octanol–water partition coefficient (Wildman–Crippen LogP) is 2.21. The highest BCUT2D eigenvalue weighted by atomic mass is 19.3. The fourth-order valence-corrected chi connectivity index (χ4v) is 1.24. The zero-order chi connectivity index (χ0) is 11.8. The Morgan fingerprint density at radius 3 is 2.75 bits per heavy atom. The Morgan fingerprint density at radius 2 is 2.12 bits per heavy atom. The van der Waals surface area contributed by atoms with E-state index in [-0.39, 0.29) is 6.61 Å². The molecule has 1 heterocycles. The molecular weight excluding hydrogens is 216 g/mol. The van der Waals surface area contributed by atoms with Crippen molar-refractivity contribution in [3.05, 3.63) is 23.7 Å². The molecule has 0 unspecified atom stereocenters. The van der Waals surface area contributed by atoms with Gasteiger partial charge < -0.3 is 14.5 Å². The van der Waals surface area contributed by atoms with Gasteiger partial charge in [0.15, 0.2) is 0 Å². The Hall–Kier alpha value is -0.940. The van der Waals surface area contributed by atoms with E-state index in [1.807, 2.05) is 19.1 Å². The summed E-state index contributed by atoms with van der Waals surface area (Å²) in [5, 5.41) is 3.05. The van der Waals surface area contributed by atoms with Gasteiger partial charge in [0.2, 0.25) is 0 Å². The van der Waals surface area contributed by atoms with Crippen LogP contribution in [0.25, 0.3) is 0 Å². The van der Waals surface area contributed by atoms with Crippen LogP contribution >= 0.6 is 0 Å². The fraction of sp³-hybridized carbons (Fsp3) is 0.636. The molecule has 1 N–H and O–H groups in total. The van der Waals surface area contributed by atoms with Crippen LogP contribution in [0.1, 0.15) is 18.4 Å². The first kappa shape index (κ1) is 13.1. The molecule has 5 heteroatoms. The molecule has 0 bridgehead atoms. The summed E-state index contributed by atoms with van der Waals surface area (Å²) in [5.41, 5.74) is 0. The van der Waals surface area contributed by atoms with E-state index >= 15 is 0 Å². The molecule has 16 heavy (non-hydrogen) atoms. The first-order chi connectivity index (χ1) is 7.72. The van der Waals surface area contributed by atoms with Crippen molar-refractivity contribution in [1.82, 2.24) is 5.32 Å². The van der Waals surface area contributed by atoms with Gasteiger partial charge in [0, 0.05) is 13.0 Å². The maximum atomic E-state index is 11.7. The lowest BCUT2D eigenvalue weighted by atomic mass is 10.3. The minimum absolute atomic E-state index is 0.283. The summed E-state index contributed by atoms with van der Waals surface area (Å²) in [4.78, 5) is 0. The second-order valence-electron chi connectivity index (χ2n) is 3.36. The molecule has 0 aromatic carbocycles. The van der Waals surface area contributed by atoms with Crippen LogP contribution in [0.4, 0.5) is 8.78 Å². The van der Waals surface area contributed by atoms with Crippen LogP contribution in [0.3, 0.4) is 0 Å². The number of halogens is 2. The zero-order valence-corrected chi connectivity index (χ0v) is 9.34. The second kappa shape index (κ2) is 7.35. The Balaban J connectivity index is 2.02. The van der Waals surface area contributed by atoms with Crippen molar-refractivity contribution in [3.63, 3.8) is 0 Å². The van der Waals surface area contributed by atoms with Crippen molar-refractivity contribution in [2.24, 2.45) is 0 Å². The van der Waals surface area contributed by atoms with E-state index in [0.717, 1.165) is 17.9 Å². The SMILES string of the molecule is CCc1ccc(CNCCOCC(F)F)o1. The molecule has 0 saturated carbocycles. The third-order valence-corrected chi connectivity index (χ3v) is 2.03. The lowest BCUT2D eigenvalue weighted by molar-refractivity contribution is 0.0186. The molecule has 0 spiro atoms. The Bertz CT molecular complexity index is 289. The molecule has 0 aliphatic heterocycles. The highest BCUT2D eigenvalue weighted by Crippen LogP contribution is 2.07. The summed E-state index contributed by atoms with van der Waals surface area (Å²) in [7, 11) is 0. The number of alkyl halides is 2. The van der Waals surface area contributed by atoms with Crippen molar-refractivity contribution in [3.8, 4) is 0 Å². The Labute approximate surface area is 93.8 Å². The number of nitrogens with one attached hydrogen (secondary N) is 1. The number of hydrogen-bond acceptors (Lipinski definition) is 3. The summed E-state index contributed by atoms with van der Waals surface area (Å²) in [6.45, 7) is 2.94. The largest absolute Gasteiger partial charge is 0.465 e. The predicted molar refractivity (Wildman–Crippen MR) is 56.6 cm³/mol. The molecule has 1 aromatic heterocycles. The van der Waals surface area contributed by atoms with E-state index in [9.17, 15) is 8.78 Å². The quantitative estimate of drug-likeness (QED) is 0.699. The lowest BCUT2D eigenvalue weighted by Crippen LogP contribution is -2.20. The molecule has 92 valence electrons. The van der Waals surface area contributed by atoms with Crippen molar-refractivity contribution in [1.29, 1.82) is 0 Å². The van der Waals surface area contributed by atoms with Crippen LogP contribution in [0.5, 0.6) is 0 Å². The van der Waals surface area contributed by atoms with Crippen molar-refractivity contribution >= 4 is 0 Å². The minimum Gasteiger partial charge on any atom is -0.465 e. The van der Waals surface area contributed by atoms with Gasteiger partial charge in [-0.1, -0.05) is 6.92 Å². The van der Waals surface area contributed by atoms with E-state index in [4.69, 9.17) is 9.15 Å². The van der Waals surface area contributed by atoms with Gasteiger partial charge in [0.05, 0.1) is 13.2 Å². The summed E-state index contributed by atoms with van der Waals surface area (Å²) in [6, 6.07) is 3.84. The van der Waals surface area contributed by atoms with E-state index in [1.165, 1.54) is 0 Å². The van der Waals surface area contributed by atoms with E-state index in [0.29, 0.717) is 13.1 Å². The number of hydrogen-bond donors (Lipinski definition) is 1. The standard InChI is InChI=1S/C11H17F2NO2/c1-2-9-3-4-10(16-9)7-14-5-6-15-8-11(12)13/h3-4,11,14H,2,5-8H2,1H3. The lowest BCUT2D eigenvalue weighted by Gasteiger charge is -2.04. The third kappa shape index (κ3) is 5.23. The smallest absolute Gasteiger partial charge is 0.261 e. The number of rotatable bonds is 8. The van der Waals surface area contributed by atoms with Gasteiger partial charge in [-0.05, 0) is 12.1 Å². The van der Waals surface area contributed by atoms with Crippen LogP contribution in [0, 0.1) is 0 Å². The van der Waals surface area contributed by atoms with E-state index in [2.05, 4.69) is 5.32 Å². The number of furan rings is 1. The van der Waals surface area contributed by atoms with E-state index < -0.39 is 13.0 Å². The molecule has 0 aliphatic carbocycles. The molecule has 0 radical (unpaired) electrons. The number of ether oxygens (including phenoxy) is 1. The summed E-state index contributed by atoms with van der Waals surface area (Å²) in [6.07, 6.45) is -1.52. The van der Waals surface area contributed by atoms with Crippen molar-refractivity contribution in [2.45, 2.75) is 26.3 Å². The maximum Gasteiger partial charge on any atom is 0.261 e. The normalized spacial score (nSPS) is 11.2. The average Bonchev–Trinajstić information content (AvgIpc) is 2.70. The van der Waals surface area contributed by atoms with Crippen molar-refractivity contribution < 1.29 is 17.9 Å². The maximum absolute atomic E-state index is 11.7. The molecule has 3 nitrogen and oxygen atoms in total. The average molecular weight is 233 g/mol. The third-order valence-electron chi connectivity index (χ3n) is 2.03. The van der Waals surface area contributed by atoms with Crippen LogP contribution < -0.4 is 5.32 Å². The van der Waals surface area contributed by atoms with Gasteiger partial charge >= 0.3 is 0 Å². The summed E-state index contributed by atoms with van der Waals surface area (Å²) >= 11 is 0. The van der Waals surface area contributed by atoms with Crippen LogP contribution in [0.2, 0.25) is 0 Å². The van der Waals surface area contributed by atoms with Gasteiger partial charge in [0.25, 0.3) is 6.43 Å². The second-order valence-corrected chi connectivity index (χ2v) is 3.36. The molecule has 0 amide bonds. The monoisotopic (exact) mass is 233 g/mol. The summed E-state index contributed by atoms with van der Waals surface area (Å²) in [5.74, 6) is 1.80. The van der Waals surface area contributed by atoms with Gasteiger partial charge in [-0.3, -0.25) is 0 Å². The van der Waals surface area contributed by atoms with E-state index in [1.54, 1.807) is 0 Å². The molecular formula is C11H17F2NO2. The molecule has 1 rings (SSSR count). The topological polar surface area (TPSA) is 34.4 Å². The van der Waals surface area contributed by atoms with Gasteiger partial charge in [-0.15, -0.1) is 0 Å². The highest BCUT2D eigenvalue weighted by molar-refractivity contribution is 5.06. The van der Waals surface area contributed by atoms with Crippen LogP contribution in [-0.2, 0) is 17.7 Å². The highest BCUT2D eigenvalue weighted by Gasteiger charge is 2.02.